The van der Waals surface area contributed by atoms with Gasteiger partial charge in [-0.25, -0.2) is 4.57 Å². The second-order valence-electron chi connectivity index (χ2n) is 7.11. The van der Waals surface area contributed by atoms with Gasteiger partial charge < -0.3 is 0 Å². The summed E-state index contributed by atoms with van der Waals surface area (Å²) >= 11 is 0. The van der Waals surface area contributed by atoms with Gasteiger partial charge in [0.1, 0.15) is 5.52 Å². The molecule has 2 heterocycles. The van der Waals surface area contributed by atoms with Crippen LogP contribution in [-0.4, -0.2) is 4.40 Å². The van der Waals surface area contributed by atoms with Crippen LogP contribution in [0.15, 0.2) is 54.6 Å². The Morgan fingerprint density at radius 1 is 0.760 bits per heavy atom. The Hall–Kier alpha value is -2.87. The van der Waals surface area contributed by atoms with E-state index in [1.54, 1.807) is 0 Å². The highest BCUT2D eigenvalue weighted by Crippen LogP contribution is 2.36. The molecule has 0 unspecified atom stereocenters. The summed E-state index contributed by atoms with van der Waals surface area (Å²) in [4.78, 5) is 0. The first kappa shape index (κ1) is 14.5. The summed E-state index contributed by atoms with van der Waals surface area (Å²) in [6.45, 7) is 6.71. The third kappa shape index (κ3) is 1.72. The van der Waals surface area contributed by atoms with Gasteiger partial charge in [0.25, 0.3) is 5.65 Å². The molecule has 0 spiro atoms. The lowest BCUT2D eigenvalue weighted by atomic mass is 9.94. The highest BCUT2D eigenvalue weighted by molar-refractivity contribution is 6.15. The van der Waals surface area contributed by atoms with Crippen LogP contribution in [-0.2, 0) is 7.05 Å². The molecule has 0 saturated carbocycles. The van der Waals surface area contributed by atoms with Gasteiger partial charge in [0.05, 0.1) is 12.4 Å². The van der Waals surface area contributed by atoms with Crippen LogP contribution in [0.3, 0.4) is 0 Å². The van der Waals surface area contributed by atoms with Crippen LogP contribution >= 0.6 is 0 Å². The fourth-order valence-electron chi connectivity index (χ4n) is 4.43. The van der Waals surface area contributed by atoms with E-state index in [0.717, 1.165) is 0 Å². The van der Waals surface area contributed by atoms with Crippen molar-refractivity contribution in [2.45, 2.75) is 20.8 Å². The van der Waals surface area contributed by atoms with E-state index >= 15 is 0 Å². The van der Waals surface area contributed by atoms with E-state index in [-0.39, 0.29) is 0 Å². The highest BCUT2D eigenvalue weighted by Gasteiger charge is 2.24. The van der Waals surface area contributed by atoms with Crippen LogP contribution in [0.2, 0.25) is 0 Å². The van der Waals surface area contributed by atoms with E-state index in [1.807, 2.05) is 0 Å². The lowest BCUT2D eigenvalue weighted by Crippen LogP contribution is -2.27. The average molecular weight is 325 g/mol. The minimum atomic E-state index is 1.26. The van der Waals surface area contributed by atoms with Crippen molar-refractivity contribution >= 4 is 38.4 Å². The third-order valence-electron chi connectivity index (χ3n) is 5.70. The van der Waals surface area contributed by atoms with Crippen LogP contribution < -0.4 is 4.57 Å². The third-order valence-corrected chi connectivity index (χ3v) is 5.70. The first-order valence-corrected chi connectivity index (χ1v) is 8.80. The average Bonchev–Trinajstić information content (AvgIpc) is 2.92. The first-order valence-electron chi connectivity index (χ1n) is 8.80. The summed E-state index contributed by atoms with van der Waals surface area (Å²) in [5, 5.41) is 4.08. The molecule has 0 atom stereocenters. The lowest BCUT2D eigenvalue weighted by molar-refractivity contribution is -0.617. The molecule has 25 heavy (non-hydrogen) atoms. The number of benzene rings is 3. The Bertz CT molecular complexity index is 1320. The predicted molar refractivity (Wildman–Crippen MR) is 105 cm³/mol. The standard InChI is InChI=1S/C23H21N2/c1-14-13-15(2)21-17-9-5-6-10-18(17)25-20-12-8-7-11-19(20)24(4)23(25)22(21)16(14)3/h5-13H,1-4H3/q+1. The number of aromatic nitrogens is 2. The number of pyridine rings is 1. The van der Waals surface area contributed by atoms with Crippen molar-refractivity contribution < 1.29 is 4.57 Å². The number of para-hydroxylation sites is 3. The SMILES string of the molecule is Cc1cc(C)c2c3ccccc3n3c4ccccc4[n+](C)c3c2c1C. The summed E-state index contributed by atoms with van der Waals surface area (Å²) < 4.78 is 4.77. The molecule has 0 aliphatic heterocycles. The molecule has 2 nitrogen and oxygen atoms in total. The minimum Gasteiger partial charge on any atom is -0.225 e. The molecule has 0 fully saturated rings. The van der Waals surface area contributed by atoms with Gasteiger partial charge in [-0.3, -0.25) is 0 Å². The van der Waals surface area contributed by atoms with Crippen molar-refractivity contribution in [3.63, 3.8) is 0 Å². The van der Waals surface area contributed by atoms with Crippen molar-refractivity contribution in [3.05, 3.63) is 71.3 Å². The van der Waals surface area contributed by atoms with E-state index in [2.05, 4.69) is 91.4 Å². The molecule has 0 amide bonds. The number of hydrogen-bond donors (Lipinski definition) is 0. The van der Waals surface area contributed by atoms with Crippen LogP contribution in [0, 0.1) is 20.8 Å². The first-order chi connectivity index (χ1) is 12.1. The van der Waals surface area contributed by atoms with Gasteiger partial charge in [-0.05, 0) is 55.7 Å². The number of hydrogen-bond acceptors (Lipinski definition) is 0. The number of aryl methyl sites for hydroxylation is 4. The summed E-state index contributed by atoms with van der Waals surface area (Å²) in [7, 11) is 2.18. The normalized spacial score (nSPS) is 12.0. The molecule has 2 heteroatoms. The van der Waals surface area contributed by atoms with Crippen LogP contribution in [0.4, 0.5) is 0 Å². The van der Waals surface area contributed by atoms with E-state index in [9.17, 15) is 0 Å². The van der Waals surface area contributed by atoms with E-state index in [4.69, 9.17) is 0 Å². The highest BCUT2D eigenvalue weighted by atomic mass is 15.1. The maximum absolute atomic E-state index is 2.43. The Morgan fingerprint density at radius 3 is 2.24 bits per heavy atom. The smallest absolute Gasteiger partial charge is 0.225 e. The molecule has 0 aliphatic rings. The summed E-state index contributed by atoms with van der Waals surface area (Å²) in [6.07, 6.45) is 0. The molecule has 5 aromatic rings. The van der Waals surface area contributed by atoms with Crippen molar-refractivity contribution in [2.75, 3.05) is 0 Å². The predicted octanol–water partition coefficient (Wildman–Crippen LogP) is 5.15. The number of nitrogens with zero attached hydrogens (tertiary/aromatic N) is 2. The second-order valence-corrected chi connectivity index (χ2v) is 7.11. The lowest BCUT2D eigenvalue weighted by Gasteiger charge is -2.12. The Morgan fingerprint density at radius 2 is 1.44 bits per heavy atom. The molecule has 0 saturated heterocycles. The van der Waals surface area contributed by atoms with Gasteiger partial charge >= 0.3 is 0 Å². The van der Waals surface area contributed by atoms with Gasteiger partial charge in [0, 0.05) is 10.8 Å². The fourth-order valence-corrected chi connectivity index (χ4v) is 4.43. The minimum absolute atomic E-state index is 1.26. The molecule has 2 aromatic heterocycles. The topological polar surface area (TPSA) is 8.29 Å². The van der Waals surface area contributed by atoms with Crippen LogP contribution in [0.5, 0.6) is 0 Å². The number of rotatable bonds is 0. The molecule has 0 N–H and O–H groups in total. The molecule has 0 aliphatic carbocycles. The fraction of sp³-hybridized carbons (Fsp3) is 0.174. The van der Waals surface area contributed by atoms with Gasteiger partial charge in [0.2, 0.25) is 0 Å². The van der Waals surface area contributed by atoms with Crippen molar-refractivity contribution in [3.8, 4) is 0 Å². The van der Waals surface area contributed by atoms with Crippen LogP contribution in [0.1, 0.15) is 16.7 Å². The Balaban J connectivity index is 2.31. The van der Waals surface area contributed by atoms with E-state index in [0.29, 0.717) is 0 Å². The monoisotopic (exact) mass is 325 g/mol. The number of imidazole rings is 1. The van der Waals surface area contributed by atoms with Crippen molar-refractivity contribution in [2.24, 2.45) is 7.05 Å². The Kier molecular flexibility index (Phi) is 2.79. The van der Waals surface area contributed by atoms with E-state index in [1.165, 1.54) is 55.0 Å². The van der Waals surface area contributed by atoms with E-state index < -0.39 is 0 Å². The quantitative estimate of drug-likeness (QED) is 0.275. The van der Waals surface area contributed by atoms with Crippen LogP contribution in [0.25, 0.3) is 38.4 Å². The zero-order valence-electron chi connectivity index (χ0n) is 15.1. The Labute approximate surface area is 146 Å². The largest absolute Gasteiger partial charge is 0.295 e. The molecule has 122 valence electrons. The van der Waals surface area contributed by atoms with Gasteiger partial charge in [0.15, 0.2) is 11.0 Å². The molecule has 3 aromatic carbocycles. The molecular weight excluding hydrogens is 304 g/mol. The summed E-state index contributed by atoms with van der Waals surface area (Å²) in [5.74, 6) is 0. The summed E-state index contributed by atoms with van der Waals surface area (Å²) in [5.41, 5.74) is 9.15. The maximum atomic E-state index is 2.43. The van der Waals surface area contributed by atoms with Gasteiger partial charge in [-0.15, -0.1) is 0 Å². The second kappa shape index (κ2) is 4.82. The van der Waals surface area contributed by atoms with Crippen molar-refractivity contribution in [1.82, 2.24) is 4.40 Å². The molecular formula is C23H21N2+. The van der Waals surface area contributed by atoms with Gasteiger partial charge in [-0.1, -0.05) is 36.4 Å². The zero-order chi connectivity index (χ0) is 17.3. The summed E-state index contributed by atoms with van der Waals surface area (Å²) in [6, 6.07) is 19.8. The number of fused-ring (bicyclic) bond motifs is 8. The molecule has 5 rings (SSSR count). The zero-order valence-corrected chi connectivity index (χ0v) is 15.1. The maximum Gasteiger partial charge on any atom is 0.295 e. The molecule has 0 bridgehead atoms. The van der Waals surface area contributed by atoms with Crippen molar-refractivity contribution in [1.29, 1.82) is 0 Å². The molecule has 0 radical (unpaired) electrons. The van der Waals surface area contributed by atoms with Gasteiger partial charge in [-0.2, -0.15) is 4.40 Å².